The van der Waals surface area contributed by atoms with Crippen LogP contribution in [0.3, 0.4) is 0 Å². The van der Waals surface area contributed by atoms with E-state index in [-0.39, 0.29) is 0 Å². The molecule has 0 amide bonds. The number of rotatable bonds is 7. The lowest BCUT2D eigenvalue weighted by Gasteiger charge is -2.27. The molecule has 0 aliphatic heterocycles. The van der Waals surface area contributed by atoms with Gasteiger partial charge in [-0.05, 0) is 25.3 Å². The number of nitrogens with zero attached hydrogens (tertiary/aromatic N) is 2. The van der Waals surface area contributed by atoms with Crippen LogP contribution in [-0.2, 0) is 13.5 Å². The second-order valence-electron chi connectivity index (χ2n) is 6.05. The van der Waals surface area contributed by atoms with E-state index in [1.54, 1.807) is 0 Å². The van der Waals surface area contributed by atoms with Gasteiger partial charge in [-0.1, -0.05) is 39.0 Å². The predicted molar refractivity (Wildman–Crippen MR) is 80.2 cm³/mol. The third-order valence-corrected chi connectivity index (χ3v) is 4.38. The van der Waals surface area contributed by atoms with Gasteiger partial charge in [-0.3, -0.25) is 0 Å². The molecule has 2 rings (SSSR count). The van der Waals surface area contributed by atoms with Gasteiger partial charge < -0.3 is 9.88 Å². The van der Waals surface area contributed by atoms with Crippen molar-refractivity contribution >= 4 is 0 Å². The van der Waals surface area contributed by atoms with Crippen LogP contribution in [0.25, 0.3) is 0 Å². The SMILES string of the molecule is CCCNC(Cc1nccn1C)CC1CCCCC1. The molecule has 1 aromatic heterocycles. The lowest BCUT2D eigenvalue weighted by molar-refractivity contribution is 0.294. The number of hydrogen-bond acceptors (Lipinski definition) is 2. The summed E-state index contributed by atoms with van der Waals surface area (Å²) in [7, 11) is 2.10. The third kappa shape index (κ3) is 4.64. The summed E-state index contributed by atoms with van der Waals surface area (Å²) in [5.74, 6) is 2.15. The zero-order chi connectivity index (χ0) is 13.5. The summed E-state index contributed by atoms with van der Waals surface area (Å²) in [6.07, 6.45) is 14.8. The average molecular weight is 263 g/mol. The fraction of sp³-hybridized carbons (Fsp3) is 0.812. The Bertz CT molecular complexity index is 353. The molecule has 1 heterocycles. The maximum absolute atomic E-state index is 4.48. The van der Waals surface area contributed by atoms with Gasteiger partial charge in [-0.2, -0.15) is 0 Å². The van der Waals surface area contributed by atoms with E-state index >= 15 is 0 Å². The van der Waals surface area contributed by atoms with Crippen LogP contribution in [-0.4, -0.2) is 22.1 Å². The fourth-order valence-corrected chi connectivity index (χ4v) is 3.23. The average Bonchev–Trinajstić information content (AvgIpc) is 2.83. The molecule has 0 spiro atoms. The maximum Gasteiger partial charge on any atom is 0.109 e. The number of aryl methyl sites for hydroxylation is 1. The van der Waals surface area contributed by atoms with Gasteiger partial charge in [0.25, 0.3) is 0 Å². The van der Waals surface area contributed by atoms with Crippen LogP contribution in [0.4, 0.5) is 0 Å². The molecule has 108 valence electrons. The summed E-state index contributed by atoms with van der Waals surface area (Å²) in [5.41, 5.74) is 0. The Morgan fingerprint density at radius 2 is 2.16 bits per heavy atom. The molecule has 1 unspecified atom stereocenters. The Kier molecular flexibility index (Phi) is 5.90. The molecule has 0 saturated heterocycles. The van der Waals surface area contributed by atoms with E-state index in [0.29, 0.717) is 6.04 Å². The Labute approximate surface area is 117 Å². The van der Waals surface area contributed by atoms with Gasteiger partial charge in [0, 0.05) is 31.9 Å². The molecule has 1 aromatic rings. The van der Waals surface area contributed by atoms with Crippen molar-refractivity contribution in [3.63, 3.8) is 0 Å². The molecule has 3 heteroatoms. The van der Waals surface area contributed by atoms with Gasteiger partial charge in [0.15, 0.2) is 0 Å². The molecule has 0 aromatic carbocycles. The highest BCUT2D eigenvalue weighted by atomic mass is 15.0. The van der Waals surface area contributed by atoms with Crippen LogP contribution in [0.1, 0.15) is 57.7 Å². The minimum absolute atomic E-state index is 0.601. The van der Waals surface area contributed by atoms with Crippen LogP contribution in [0.2, 0.25) is 0 Å². The lowest BCUT2D eigenvalue weighted by Crippen LogP contribution is -2.35. The molecule has 0 bridgehead atoms. The number of imidazole rings is 1. The van der Waals surface area contributed by atoms with Gasteiger partial charge in [0.05, 0.1) is 0 Å². The molecule has 1 aliphatic rings. The van der Waals surface area contributed by atoms with E-state index in [4.69, 9.17) is 0 Å². The molecule has 1 fully saturated rings. The lowest BCUT2D eigenvalue weighted by atomic mass is 9.84. The summed E-state index contributed by atoms with van der Waals surface area (Å²) >= 11 is 0. The van der Waals surface area contributed by atoms with Gasteiger partial charge in [-0.15, -0.1) is 0 Å². The molecule has 1 saturated carbocycles. The second kappa shape index (κ2) is 7.68. The zero-order valence-electron chi connectivity index (χ0n) is 12.6. The van der Waals surface area contributed by atoms with Crippen molar-refractivity contribution < 1.29 is 0 Å². The summed E-state index contributed by atoms with van der Waals surface area (Å²) in [4.78, 5) is 4.48. The van der Waals surface area contributed by atoms with Gasteiger partial charge in [0.1, 0.15) is 5.82 Å². The van der Waals surface area contributed by atoms with E-state index in [9.17, 15) is 0 Å². The Hall–Kier alpha value is -0.830. The van der Waals surface area contributed by atoms with Crippen LogP contribution < -0.4 is 5.32 Å². The normalized spacial score (nSPS) is 18.6. The maximum atomic E-state index is 4.48. The largest absolute Gasteiger partial charge is 0.338 e. The summed E-state index contributed by atoms with van der Waals surface area (Å²) in [5, 5.41) is 3.73. The van der Waals surface area contributed by atoms with Crippen LogP contribution in [0, 0.1) is 5.92 Å². The smallest absolute Gasteiger partial charge is 0.109 e. The topological polar surface area (TPSA) is 29.9 Å². The number of nitrogens with one attached hydrogen (secondary N) is 1. The number of hydrogen-bond donors (Lipinski definition) is 1. The highest BCUT2D eigenvalue weighted by molar-refractivity contribution is 4.95. The van der Waals surface area contributed by atoms with Crippen LogP contribution in [0.15, 0.2) is 12.4 Å². The molecular formula is C16H29N3. The zero-order valence-corrected chi connectivity index (χ0v) is 12.6. The van der Waals surface area contributed by atoms with Crippen LogP contribution in [0.5, 0.6) is 0 Å². The van der Waals surface area contributed by atoms with Crippen molar-refractivity contribution in [1.29, 1.82) is 0 Å². The molecule has 0 radical (unpaired) electrons. The highest BCUT2D eigenvalue weighted by Gasteiger charge is 2.19. The van der Waals surface area contributed by atoms with E-state index in [1.807, 2.05) is 12.4 Å². The first-order valence-electron chi connectivity index (χ1n) is 7.99. The Morgan fingerprint density at radius 1 is 1.37 bits per heavy atom. The van der Waals surface area contributed by atoms with E-state index in [2.05, 4.69) is 28.8 Å². The van der Waals surface area contributed by atoms with Crippen LogP contribution >= 0.6 is 0 Å². The van der Waals surface area contributed by atoms with Gasteiger partial charge in [0.2, 0.25) is 0 Å². The van der Waals surface area contributed by atoms with Crippen molar-refractivity contribution in [2.75, 3.05) is 6.54 Å². The minimum atomic E-state index is 0.601. The molecule has 1 N–H and O–H groups in total. The summed E-state index contributed by atoms with van der Waals surface area (Å²) in [6.45, 7) is 3.37. The van der Waals surface area contributed by atoms with Crippen molar-refractivity contribution in [3.8, 4) is 0 Å². The fourth-order valence-electron chi connectivity index (χ4n) is 3.23. The molecule has 19 heavy (non-hydrogen) atoms. The van der Waals surface area contributed by atoms with Crippen molar-refractivity contribution in [1.82, 2.24) is 14.9 Å². The molecule has 1 aliphatic carbocycles. The van der Waals surface area contributed by atoms with Crippen molar-refractivity contribution in [2.24, 2.45) is 13.0 Å². The first-order chi connectivity index (χ1) is 9.29. The van der Waals surface area contributed by atoms with Crippen molar-refractivity contribution in [2.45, 2.75) is 64.3 Å². The summed E-state index contributed by atoms with van der Waals surface area (Å²) in [6, 6.07) is 0.601. The van der Waals surface area contributed by atoms with E-state index in [1.165, 1.54) is 50.8 Å². The second-order valence-corrected chi connectivity index (χ2v) is 6.05. The Morgan fingerprint density at radius 3 is 2.79 bits per heavy atom. The van der Waals surface area contributed by atoms with Crippen molar-refractivity contribution in [3.05, 3.63) is 18.2 Å². The highest BCUT2D eigenvalue weighted by Crippen LogP contribution is 2.27. The minimum Gasteiger partial charge on any atom is -0.338 e. The summed E-state index contributed by atoms with van der Waals surface area (Å²) < 4.78 is 2.15. The molecule has 3 nitrogen and oxygen atoms in total. The monoisotopic (exact) mass is 263 g/mol. The van der Waals surface area contributed by atoms with E-state index in [0.717, 1.165) is 18.9 Å². The quantitative estimate of drug-likeness (QED) is 0.818. The molecule has 1 atom stereocenters. The number of aromatic nitrogens is 2. The first-order valence-corrected chi connectivity index (χ1v) is 7.99. The first kappa shape index (κ1) is 14.6. The van der Waals surface area contributed by atoms with Gasteiger partial charge in [-0.25, -0.2) is 4.98 Å². The predicted octanol–water partition coefficient (Wildman–Crippen LogP) is 3.30. The van der Waals surface area contributed by atoms with Gasteiger partial charge >= 0.3 is 0 Å². The standard InChI is InChI=1S/C16H29N3/c1-3-9-17-15(12-14-7-5-4-6-8-14)13-16-18-10-11-19(16)2/h10-11,14-15,17H,3-9,12-13H2,1-2H3. The molecular weight excluding hydrogens is 234 g/mol. The third-order valence-electron chi connectivity index (χ3n) is 4.38. The Balaban J connectivity index is 1.88. The van der Waals surface area contributed by atoms with E-state index < -0.39 is 0 Å².